The molecule has 1 atom stereocenters. The molecule has 17 heavy (non-hydrogen) atoms. The second-order valence-corrected chi connectivity index (χ2v) is 4.77. The van der Waals surface area contributed by atoms with Crippen LogP contribution in [-0.2, 0) is 4.79 Å². The molecule has 0 radical (unpaired) electrons. The first-order valence-corrected chi connectivity index (χ1v) is 5.98. The van der Waals surface area contributed by atoms with Crippen LogP contribution >= 0.6 is 15.9 Å². The number of nitrogens with two attached hydrogens (primary N) is 1. The second-order valence-electron chi connectivity index (χ2n) is 3.92. The molecule has 1 aromatic rings. The summed E-state index contributed by atoms with van der Waals surface area (Å²) in [6.45, 7) is 0.477. The Balaban J connectivity index is 2.09. The topological polar surface area (TPSA) is 84.2 Å². The average molecular weight is 298 g/mol. The molecule has 0 saturated carbocycles. The van der Waals surface area contributed by atoms with Gasteiger partial charge in [-0.05, 0) is 34.1 Å². The number of carbonyl (C=O) groups is 2. The molecule has 0 bridgehead atoms. The number of halogens is 1. The van der Waals surface area contributed by atoms with Gasteiger partial charge in [-0.2, -0.15) is 0 Å². The van der Waals surface area contributed by atoms with Crippen LogP contribution in [0.2, 0.25) is 0 Å². The van der Waals surface area contributed by atoms with Crippen molar-refractivity contribution in [3.05, 3.63) is 28.2 Å². The van der Waals surface area contributed by atoms with Crippen LogP contribution in [-0.4, -0.2) is 24.4 Å². The van der Waals surface area contributed by atoms with Crippen LogP contribution in [0.3, 0.4) is 0 Å². The third-order valence-electron chi connectivity index (χ3n) is 2.55. The smallest absolute Gasteiger partial charge is 0.252 e. The number of nitrogens with one attached hydrogen (secondary N) is 2. The molecular formula is C11H12BrN3O2. The summed E-state index contributed by atoms with van der Waals surface area (Å²) in [5.74, 6) is -0.271. The van der Waals surface area contributed by atoms with Gasteiger partial charge in [-0.15, -0.1) is 0 Å². The van der Waals surface area contributed by atoms with Crippen molar-refractivity contribution in [2.75, 3.05) is 12.3 Å². The van der Waals surface area contributed by atoms with Crippen molar-refractivity contribution in [1.29, 1.82) is 0 Å². The van der Waals surface area contributed by atoms with Crippen molar-refractivity contribution in [3.8, 4) is 0 Å². The van der Waals surface area contributed by atoms with Gasteiger partial charge in [0.2, 0.25) is 5.91 Å². The molecule has 1 fully saturated rings. The Labute approximate surface area is 107 Å². The van der Waals surface area contributed by atoms with Gasteiger partial charge in [0, 0.05) is 23.1 Å². The largest absolute Gasteiger partial charge is 0.399 e. The molecule has 5 nitrogen and oxygen atoms in total. The fraction of sp³-hybridized carbons (Fsp3) is 0.273. The highest BCUT2D eigenvalue weighted by Gasteiger charge is 2.23. The first-order chi connectivity index (χ1) is 8.06. The van der Waals surface area contributed by atoms with Crippen molar-refractivity contribution >= 4 is 33.4 Å². The third kappa shape index (κ3) is 2.76. The van der Waals surface area contributed by atoms with Gasteiger partial charge in [0.1, 0.15) is 0 Å². The Hall–Kier alpha value is -1.56. The lowest BCUT2D eigenvalue weighted by molar-refractivity contribution is -0.119. The van der Waals surface area contributed by atoms with Crippen molar-refractivity contribution in [2.24, 2.45) is 0 Å². The number of carbonyl (C=O) groups excluding carboxylic acids is 2. The van der Waals surface area contributed by atoms with Gasteiger partial charge in [0.15, 0.2) is 0 Å². The van der Waals surface area contributed by atoms with Crippen LogP contribution in [0.5, 0.6) is 0 Å². The van der Waals surface area contributed by atoms with E-state index in [1.54, 1.807) is 18.2 Å². The van der Waals surface area contributed by atoms with Crippen LogP contribution in [0.4, 0.5) is 5.69 Å². The van der Waals surface area contributed by atoms with E-state index >= 15 is 0 Å². The number of rotatable bonds is 2. The van der Waals surface area contributed by atoms with E-state index < -0.39 is 0 Å². The predicted molar refractivity (Wildman–Crippen MR) is 67.4 cm³/mol. The number of amides is 2. The molecule has 2 amide bonds. The first kappa shape index (κ1) is 11.9. The molecule has 2 rings (SSSR count). The summed E-state index contributed by atoms with van der Waals surface area (Å²) in [6.07, 6.45) is 0.325. The second kappa shape index (κ2) is 4.75. The summed E-state index contributed by atoms with van der Waals surface area (Å²) >= 11 is 3.29. The van der Waals surface area contributed by atoms with Gasteiger partial charge >= 0.3 is 0 Å². The minimum Gasteiger partial charge on any atom is -0.399 e. The van der Waals surface area contributed by atoms with Gasteiger partial charge in [-0.1, -0.05) is 0 Å². The standard InChI is InChI=1S/C11H12BrN3O2/c12-9-2-1-6(13)3-8(9)11(17)15-7-4-10(16)14-5-7/h1-3,7H,4-5,13H2,(H,14,16)(H,15,17). The molecule has 0 spiro atoms. The van der Waals surface area contributed by atoms with Crippen molar-refractivity contribution in [1.82, 2.24) is 10.6 Å². The summed E-state index contributed by atoms with van der Waals surface area (Å²) < 4.78 is 0.682. The van der Waals surface area contributed by atoms with Crippen LogP contribution < -0.4 is 16.4 Å². The highest BCUT2D eigenvalue weighted by atomic mass is 79.9. The predicted octanol–water partition coefficient (Wildman–Crippen LogP) is 0.650. The molecule has 1 heterocycles. The molecule has 0 aromatic heterocycles. The lowest BCUT2D eigenvalue weighted by Gasteiger charge is -2.11. The van der Waals surface area contributed by atoms with Crippen LogP contribution in [0, 0.1) is 0 Å². The minimum absolute atomic E-state index is 0.0399. The molecule has 6 heteroatoms. The number of hydrogen-bond acceptors (Lipinski definition) is 3. The zero-order valence-corrected chi connectivity index (χ0v) is 10.6. The maximum atomic E-state index is 11.9. The van der Waals surface area contributed by atoms with Crippen molar-refractivity contribution in [2.45, 2.75) is 12.5 Å². The van der Waals surface area contributed by atoms with E-state index in [9.17, 15) is 9.59 Å². The zero-order valence-electron chi connectivity index (χ0n) is 9.00. The highest BCUT2D eigenvalue weighted by molar-refractivity contribution is 9.10. The SMILES string of the molecule is Nc1ccc(Br)c(C(=O)NC2CNC(=O)C2)c1. The molecule has 1 saturated heterocycles. The quantitative estimate of drug-likeness (QED) is 0.701. The summed E-state index contributed by atoms with van der Waals surface area (Å²) in [5.41, 5.74) is 6.63. The molecule has 1 aliphatic rings. The van der Waals surface area contributed by atoms with E-state index in [1.807, 2.05) is 0 Å². The van der Waals surface area contributed by atoms with Crippen LogP contribution in [0.1, 0.15) is 16.8 Å². The zero-order chi connectivity index (χ0) is 12.4. The molecule has 90 valence electrons. The Bertz CT molecular complexity index is 476. The fourth-order valence-electron chi connectivity index (χ4n) is 1.69. The van der Waals surface area contributed by atoms with Crippen LogP contribution in [0.15, 0.2) is 22.7 Å². The Morgan fingerprint density at radius 3 is 2.94 bits per heavy atom. The van der Waals surface area contributed by atoms with E-state index in [1.165, 1.54) is 0 Å². The Kier molecular flexibility index (Phi) is 3.33. The average Bonchev–Trinajstić information content (AvgIpc) is 2.67. The third-order valence-corrected chi connectivity index (χ3v) is 3.24. The van der Waals surface area contributed by atoms with E-state index in [-0.39, 0.29) is 17.9 Å². The summed E-state index contributed by atoms with van der Waals surface area (Å²) in [5, 5.41) is 5.45. The van der Waals surface area contributed by atoms with E-state index in [0.717, 1.165) is 0 Å². The fourth-order valence-corrected chi connectivity index (χ4v) is 2.11. The van der Waals surface area contributed by atoms with Gasteiger partial charge in [0.25, 0.3) is 5.91 Å². The molecule has 4 N–H and O–H groups in total. The maximum absolute atomic E-state index is 11.9. The Morgan fingerprint density at radius 1 is 1.53 bits per heavy atom. The number of hydrogen-bond donors (Lipinski definition) is 3. The number of nitrogen functional groups attached to an aromatic ring is 1. The van der Waals surface area contributed by atoms with E-state index in [4.69, 9.17) is 5.73 Å². The summed E-state index contributed by atoms with van der Waals surface area (Å²) in [7, 11) is 0. The number of anilines is 1. The lowest BCUT2D eigenvalue weighted by atomic mass is 10.1. The highest BCUT2D eigenvalue weighted by Crippen LogP contribution is 2.19. The maximum Gasteiger partial charge on any atom is 0.252 e. The van der Waals surface area contributed by atoms with E-state index in [2.05, 4.69) is 26.6 Å². The van der Waals surface area contributed by atoms with Crippen molar-refractivity contribution < 1.29 is 9.59 Å². The van der Waals surface area contributed by atoms with Gasteiger partial charge in [-0.3, -0.25) is 9.59 Å². The summed E-state index contributed by atoms with van der Waals surface area (Å²) in [4.78, 5) is 22.9. The van der Waals surface area contributed by atoms with Gasteiger partial charge in [0.05, 0.1) is 11.6 Å². The van der Waals surface area contributed by atoms with Gasteiger partial charge < -0.3 is 16.4 Å². The van der Waals surface area contributed by atoms with E-state index in [0.29, 0.717) is 28.7 Å². The normalized spacial score (nSPS) is 18.9. The monoisotopic (exact) mass is 297 g/mol. The molecule has 0 aliphatic carbocycles. The number of benzene rings is 1. The first-order valence-electron chi connectivity index (χ1n) is 5.19. The van der Waals surface area contributed by atoms with Gasteiger partial charge in [-0.25, -0.2) is 0 Å². The molecule has 1 unspecified atom stereocenters. The summed E-state index contributed by atoms with van der Waals surface area (Å²) in [6, 6.07) is 4.89. The molecule has 1 aromatic carbocycles. The molecule has 1 aliphatic heterocycles. The minimum atomic E-state index is -0.231. The Morgan fingerprint density at radius 2 is 2.29 bits per heavy atom. The lowest BCUT2D eigenvalue weighted by Crippen LogP contribution is -2.36. The van der Waals surface area contributed by atoms with Crippen LogP contribution in [0.25, 0.3) is 0 Å². The molecular weight excluding hydrogens is 286 g/mol. The van der Waals surface area contributed by atoms with Crippen molar-refractivity contribution in [3.63, 3.8) is 0 Å².